The third-order valence-electron chi connectivity index (χ3n) is 5.05. The van der Waals surface area contributed by atoms with Crippen molar-refractivity contribution in [3.05, 3.63) is 0 Å². The van der Waals surface area contributed by atoms with Gasteiger partial charge in [-0.25, -0.2) is 0 Å². The molecule has 0 rings (SSSR count). The second-order valence-corrected chi connectivity index (χ2v) is 11.7. The Kier molecular flexibility index (Phi) is 14.5. The summed E-state index contributed by atoms with van der Waals surface area (Å²) < 4.78 is 18.0. The maximum atomic E-state index is 12.3. The molecule has 0 aromatic heterocycles. The molecule has 0 spiro atoms. The first-order valence-corrected chi connectivity index (χ1v) is 12.6. The molecule has 0 aliphatic carbocycles. The molecule has 0 aromatic carbocycles. The highest BCUT2D eigenvalue weighted by atomic mass is 31.2. The number of unbranched alkanes of at least 4 members (excludes halogenated alkanes) is 13. The maximum absolute atomic E-state index is 12.3. The molecule has 0 saturated carbocycles. The molecule has 1 unspecified atom stereocenters. The zero-order valence-corrected chi connectivity index (χ0v) is 18.3. The molecule has 2 nitrogen and oxygen atoms in total. The SMILES string of the molecule is CCCCCCCCCCCCCCCCOP(C)(=O)C(C)(C)C. The molecule has 3 heteroatoms. The highest BCUT2D eigenvalue weighted by Gasteiger charge is 2.32. The van der Waals surface area contributed by atoms with E-state index in [4.69, 9.17) is 4.52 Å². The molecular weight excluding hydrogens is 315 g/mol. The van der Waals surface area contributed by atoms with Crippen molar-refractivity contribution in [1.82, 2.24) is 0 Å². The molecule has 1 atom stereocenters. The molecule has 24 heavy (non-hydrogen) atoms. The smallest absolute Gasteiger partial charge is 0.205 e. The lowest BCUT2D eigenvalue weighted by Gasteiger charge is -2.27. The number of hydrogen-bond acceptors (Lipinski definition) is 2. The van der Waals surface area contributed by atoms with E-state index in [1.807, 2.05) is 20.8 Å². The van der Waals surface area contributed by atoms with E-state index >= 15 is 0 Å². The third-order valence-corrected chi connectivity index (χ3v) is 8.17. The summed E-state index contributed by atoms with van der Waals surface area (Å²) >= 11 is 0. The Balaban J connectivity index is 3.25. The first-order chi connectivity index (χ1) is 11.3. The van der Waals surface area contributed by atoms with Crippen molar-refractivity contribution in [3.8, 4) is 0 Å². The molecule has 0 bridgehead atoms. The van der Waals surface area contributed by atoms with Gasteiger partial charge in [0.1, 0.15) is 0 Å². The molecule has 0 saturated heterocycles. The topological polar surface area (TPSA) is 26.3 Å². The molecule has 0 heterocycles. The Morgan fingerprint density at radius 2 is 1.00 bits per heavy atom. The van der Waals surface area contributed by atoms with Crippen LogP contribution in [0.25, 0.3) is 0 Å². The van der Waals surface area contributed by atoms with E-state index in [1.54, 1.807) is 6.66 Å². The fraction of sp³-hybridized carbons (Fsp3) is 1.00. The minimum absolute atomic E-state index is 0.233. The van der Waals surface area contributed by atoms with Crippen molar-refractivity contribution in [2.24, 2.45) is 0 Å². The zero-order valence-electron chi connectivity index (χ0n) is 17.4. The molecular formula is C21H45O2P. The van der Waals surface area contributed by atoms with E-state index in [2.05, 4.69) is 6.92 Å². The second kappa shape index (κ2) is 14.4. The molecule has 0 aliphatic rings. The van der Waals surface area contributed by atoms with Crippen LogP contribution in [-0.2, 0) is 9.09 Å². The van der Waals surface area contributed by atoms with Crippen LogP contribution in [0.4, 0.5) is 0 Å². The van der Waals surface area contributed by atoms with Gasteiger partial charge in [-0.2, -0.15) is 0 Å². The summed E-state index contributed by atoms with van der Waals surface area (Å²) in [5.41, 5.74) is 0. The van der Waals surface area contributed by atoms with Crippen LogP contribution in [0.2, 0.25) is 0 Å². The molecule has 146 valence electrons. The van der Waals surface area contributed by atoms with Crippen molar-refractivity contribution in [1.29, 1.82) is 0 Å². The molecule has 0 amide bonds. The molecule has 0 N–H and O–H groups in total. The van der Waals surface area contributed by atoms with Crippen LogP contribution in [-0.4, -0.2) is 18.4 Å². The molecule has 0 fully saturated rings. The average Bonchev–Trinajstić information content (AvgIpc) is 2.50. The van der Waals surface area contributed by atoms with E-state index in [1.165, 1.54) is 83.5 Å². The molecule has 0 aliphatic heterocycles. The maximum Gasteiger partial charge on any atom is 0.205 e. The summed E-state index contributed by atoms with van der Waals surface area (Å²) in [6.07, 6.45) is 19.0. The van der Waals surface area contributed by atoms with Gasteiger partial charge in [0.15, 0.2) is 0 Å². The van der Waals surface area contributed by atoms with E-state index in [0.29, 0.717) is 6.61 Å². The fourth-order valence-electron chi connectivity index (χ4n) is 2.73. The predicted molar refractivity (Wildman–Crippen MR) is 110 cm³/mol. The van der Waals surface area contributed by atoms with Crippen molar-refractivity contribution >= 4 is 7.37 Å². The normalized spacial score (nSPS) is 14.7. The van der Waals surface area contributed by atoms with E-state index in [0.717, 1.165) is 6.42 Å². The van der Waals surface area contributed by atoms with Crippen LogP contribution in [0.3, 0.4) is 0 Å². The summed E-state index contributed by atoms with van der Waals surface area (Å²) in [6.45, 7) is 10.7. The van der Waals surface area contributed by atoms with E-state index < -0.39 is 7.37 Å². The minimum atomic E-state index is -2.46. The van der Waals surface area contributed by atoms with Gasteiger partial charge in [0, 0.05) is 11.8 Å². The Hall–Kier alpha value is 0.190. The summed E-state index contributed by atoms with van der Waals surface area (Å²) in [7, 11) is -2.46. The van der Waals surface area contributed by atoms with Gasteiger partial charge < -0.3 is 4.52 Å². The van der Waals surface area contributed by atoms with Crippen LogP contribution in [0.5, 0.6) is 0 Å². The van der Waals surface area contributed by atoms with Crippen LogP contribution in [0.15, 0.2) is 0 Å². The van der Waals surface area contributed by atoms with Gasteiger partial charge in [0.2, 0.25) is 7.37 Å². The summed E-state index contributed by atoms with van der Waals surface area (Å²) in [5.74, 6) is 0. The monoisotopic (exact) mass is 360 g/mol. The quantitative estimate of drug-likeness (QED) is 0.205. The summed E-state index contributed by atoms with van der Waals surface area (Å²) in [6, 6.07) is 0. The van der Waals surface area contributed by atoms with Crippen molar-refractivity contribution in [2.75, 3.05) is 13.3 Å². The predicted octanol–water partition coefficient (Wildman–Crippen LogP) is 8.19. The molecule has 0 radical (unpaired) electrons. The lowest BCUT2D eigenvalue weighted by molar-refractivity contribution is 0.292. The van der Waals surface area contributed by atoms with Gasteiger partial charge in [-0.15, -0.1) is 0 Å². The van der Waals surface area contributed by atoms with Gasteiger partial charge in [-0.3, -0.25) is 4.57 Å². The van der Waals surface area contributed by atoms with Crippen molar-refractivity contribution in [3.63, 3.8) is 0 Å². The number of hydrogen-bond donors (Lipinski definition) is 0. The Morgan fingerprint density at radius 3 is 1.33 bits per heavy atom. The van der Waals surface area contributed by atoms with Crippen LogP contribution in [0, 0.1) is 0 Å². The van der Waals surface area contributed by atoms with Crippen molar-refractivity contribution in [2.45, 2.75) is 123 Å². The highest BCUT2D eigenvalue weighted by molar-refractivity contribution is 7.59. The van der Waals surface area contributed by atoms with Crippen LogP contribution < -0.4 is 0 Å². The van der Waals surface area contributed by atoms with Gasteiger partial charge in [0.25, 0.3) is 0 Å². The fourth-order valence-corrected chi connectivity index (χ4v) is 3.59. The van der Waals surface area contributed by atoms with Gasteiger partial charge >= 0.3 is 0 Å². The Morgan fingerprint density at radius 1 is 0.667 bits per heavy atom. The van der Waals surface area contributed by atoms with Crippen molar-refractivity contribution < 1.29 is 9.09 Å². The van der Waals surface area contributed by atoms with Gasteiger partial charge in [-0.1, -0.05) is 111 Å². The Bertz CT molecular complexity index is 320. The van der Waals surface area contributed by atoms with E-state index in [-0.39, 0.29) is 5.16 Å². The summed E-state index contributed by atoms with van der Waals surface area (Å²) in [5, 5.41) is -0.233. The molecule has 0 aromatic rings. The highest BCUT2D eigenvalue weighted by Crippen LogP contribution is 2.55. The Labute approximate surface area is 153 Å². The standard InChI is InChI=1S/C21H45O2P/c1-6-7-8-9-10-11-12-13-14-15-16-17-18-19-20-23-24(5,22)21(2,3)4/h6-20H2,1-5H3. The van der Waals surface area contributed by atoms with Crippen LogP contribution >= 0.6 is 7.37 Å². The first-order valence-electron chi connectivity index (χ1n) is 10.5. The second-order valence-electron chi connectivity index (χ2n) is 8.45. The minimum Gasteiger partial charge on any atom is -0.328 e. The first kappa shape index (κ1) is 24.2. The third kappa shape index (κ3) is 13.5. The van der Waals surface area contributed by atoms with Crippen LogP contribution in [0.1, 0.15) is 118 Å². The van der Waals surface area contributed by atoms with E-state index in [9.17, 15) is 4.57 Å². The average molecular weight is 361 g/mol. The zero-order chi connectivity index (χ0) is 18.3. The lowest BCUT2D eigenvalue weighted by atomic mass is 10.0. The number of rotatable bonds is 16. The lowest BCUT2D eigenvalue weighted by Crippen LogP contribution is -2.16. The van der Waals surface area contributed by atoms with Gasteiger partial charge in [-0.05, 0) is 6.42 Å². The summed E-state index contributed by atoms with van der Waals surface area (Å²) in [4.78, 5) is 0. The van der Waals surface area contributed by atoms with Gasteiger partial charge in [0.05, 0.1) is 6.61 Å². The largest absolute Gasteiger partial charge is 0.328 e.